The number of unbranched alkanes of at least 4 members (excludes halogenated alkanes) is 1. The van der Waals surface area contributed by atoms with Crippen LogP contribution in [0, 0.1) is 0 Å². The number of hydrogen-bond donors (Lipinski definition) is 3. The third-order valence-electron chi connectivity index (χ3n) is 4.29. The zero-order chi connectivity index (χ0) is 17.6. The number of pyridine rings is 1. The maximum atomic E-state index is 4.67. The van der Waals surface area contributed by atoms with Gasteiger partial charge in [0.15, 0.2) is 5.96 Å². The van der Waals surface area contributed by atoms with Crippen molar-refractivity contribution in [1.82, 2.24) is 15.6 Å². The summed E-state index contributed by atoms with van der Waals surface area (Å²) in [6, 6.07) is 5.92. The molecule has 25 heavy (non-hydrogen) atoms. The second-order valence-corrected chi connectivity index (χ2v) is 6.39. The number of aliphatic imine (C=N–C) groups is 1. The molecule has 5 nitrogen and oxygen atoms in total. The molecule has 1 heterocycles. The van der Waals surface area contributed by atoms with Crippen LogP contribution in [0.3, 0.4) is 0 Å². The van der Waals surface area contributed by atoms with E-state index in [1.807, 2.05) is 24.4 Å². The normalized spacial score (nSPS) is 14.8. The van der Waals surface area contributed by atoms with Gasteiger partial charge in [0.1, 0.15) is 5.82 Å². The van der Waals surface area contributed by atoms with Crippen LogP contribution in [0.2, 0.25) is 0 Å². The van der Waals surface area contributed by atoms with Crippen molar-refractivity contribution in [3.8, 4) is 0 Å². The van der Waals surface area contributed by atoms with Crippen LogP contribution in [0.5, 0.6) is 0 Å². The van der Waals surface area contributed by atoms with Crippen molar-refractivity contribution < 1.29 is 0 Å². The van der Waals surface area contributed by atoms with Crippen molar-refractivity contribution in [3.63, 3.8) is 0 Å². The molecular formula is C20H33N5. The Labute approximate surface area is 152 Å². The van der Waals surface area contributed by atoms with E-state index in [0.717, 1.165) is 57.2 Å². The second kappa shape index (κ2) is 12.3. The summed E-state index contributed by atoms with van der Waals surface area (Å²) in [6.07, 6.45) is 12.8. The standard InChI is InChI=1S/C20H33N5/c1-2-21-20(25-17-13-18-10-4-3-5-11-18)24-16-9-8-15-23-19-12-6-7-14-22-19/h6-7,10,12,14H,2-5,8-9,11,13,15-17H2,1H3,(H,22,23)(H2,21,24,25). The number of aromatic nitrogens is 1. The van der Waals surface area contributed by atoms with Crippen molar-refractivity contribution in [2.75, 3.05) is 31.5 Å². The Morgan fingerprint density at radius 2 is 2.12 bits per heavy atom. The topological polar surface area (TPSA) is 61.3 Å². The smallest absolute Gasteiger partial charge is 0.191 e. The third-order valence-corrected chi connectivity index (χ3v) is 4.29. The van der Waals surface area contributed by atoms with Crippen LogP contribution < -0.4 is 16.0 Å². The van der Waals surface area contributed by atoms with Gasteiger partial charge in [-0.05, 0) is 64.0 Å². The molecule has 0 amide bonds. The minimum atomic E-state index is 0.849. The Morgan fingerprint density at radius 3 is 2.88 bits per heavy atom. The fraction of sp³-hybridized carbons (Fsp3) is 0.600. The summed E-state index contributed by atoms with van der Waals surface area (Å²) in [5, 5.41) is 10.1. The molecule has 0 saturated carbocycles. The summed E-state index contributed by atoms with van der Waals surface area (Å²) in [5.41, 5.74) is 1.61. The summed E-state index contributed by atoms with van der Waals surface area (Å²) in [7, 11) is 0. The van der Waals surface area contributed by atoms with Crippen LogP contribution in [-0.2, 0) is 0 Å². The van der Waals surface area contributed by atoms with E-state index in [4.69, 9.17) is 0 Å². The average Bonchev–Trinajstić information content (AvgIpc) is 2.66. The Bertz CT molecular complexity index is 524. The molecule has 0 fully saturated rings. The summed E-state index contributed by atoms with van der Waals surface area (Å²) in [5.74, 6) is 1.88. The van der Waals surface area contributed by atoms with Crippen molar-refractivity contribution in [2.45, 2.75) is 51.9 Å². The molecule has 0 atom stereocenters. The number of rotatable bonds is 10. The predicted octanol–water partition coefficient (Wildman–Crippen LogP) is 3.72. The number of hydrogen-bond acceptors (Lipinski definition) is 3. The number of guanidine groups is 1. The summed E-state index contributed by atoms with van der Waals surface area (Å²) in [4.78, 5) is 8.93. The van der Waals surface area contributed by atoms with Gasteiger partial charge in [-0.3, -0.25) is 4.99 Å². The molecule has 1 aromatic heterocycles. The van der Waals surface area contributed by atoms with Crippen molar-refractivity contribution in [3.05, 3.63) is 36.0 Å². The fourth-order valence-corrected chi connectivity index (χ4v) is 2.93. The van der Waals surface area contributed by atoms with E-state index >= 15 is 0 Å². The zero-order valence-corrected chi connectivity index (χ0v) is 15.6. The van der Waals surface area contributed by atoms with Gasteiger partial charge in [0.2, 0.25) is 0 Å². The molecule has 2 rings (SSSR count). The molecule has 0 unspecified atom stereocenters. The zero-order valence-electron chi connectivity index (χ0n) is 15.6. The molecule has 5 heteroatoms. The third kappa shape index (κ3) is 8.57. The first kappa shape index (κ1) is 19.3. The SMILES string of the molecule is CCNC(=NCCCCNc1ccccn1)NCCC1=CCCCC1. The van der Waals surface area contributed by atoms with E-state index in [2.05, 4.69) is 38.9 Å². The molecule has 3 N–H and O–H groups in total. The fourth-order valence-electron chi connectivity index (χ4n) is 2.93. The molecule has 0 saturated heterocycles. The first-order valence-corrected chi connectivity index (χ1v) is 9.73. The predicted molar refractivity (Wildman–Crippen MR) is 107 cm³/mol. The van der Waals surface area contributed by atoms with E-state index in [9.17, 15) is 0 Å². The first-order valence-electron chi connectivity index (χ1n) is 9.73. The molecule has 1 aromatic rings. The van der Waals surface area contributed by atoms with Gasteiger partial charge in [-0.1, -0.05) is 17.7 Å². The van der Waals surface area contributed by atoms with Crippen LogP contribution in [0.1, 0.15) is 51.9 Å². The lowest BCUT2D eigenvalue weighted by atomic mass is 9.97. The summed E-state index contributed by atoms with van der Waals surface area (Å²) >= 11 is 0. The highest BCUT2D eigenvalue weighted by molar-refractivity contribution is 5.79. The Balaban J connectivity index is 1.58. The molecule has 0 radical (unpaired) electrons. The minimum absolute atomic E-state index is 0.849. The monoisotopic (exact) mass is 343 g/mol. The Hall–Kier alpha value is -2.04. The van der Waals surface area contributed by atoms with E-state index < -0.39 is 0 Å². The number of anilines is 1. The number of allylic oxidation sites excluding steroid dienone is 1. The van der Waals surface area contributed by atoms with Crippen molar-refractivity contribution in [2.24, 2.45) is 4.99 Å². The molecule has 0 aromatic carbocycles. The molecule has 0 bridgehead atoms. The van der Waals surface area contributed by atoms with Crippen molar-refractivity contribution >= 4 is 11.8 Å². The highest BCUT2D eigenvalue weighted by Crippen LogP contribution is 2.19. The number of nitrogens with zero attached hydrogens (tertiary/aromatic N) is 2. The van der Waals surface area contributed by atoms with Crippen LogP contribution in [0.15, 0.2) is 41.0 Å². The highest BCUT2D eigenvalue weighted by atomic mass is 15.2. The average molecular weight is 344 g/mol. The molecule has 1 aliphatic rings. The van der Waals surface area contributed by atoms with Gasteiger partial charge < -0.3 is 16.0 Å². The summed E-state index contributed by atoms with van der Waals surface area (Å²) < 4.78 is 0. The van der Waals surface area contributed by atoms with Crippen LogP contribution in [0.25, 0.3) is 0 Å². The van der Waals surface area contributed by atoms with Gasteiger partial charge >= 0.3 is 0 Å². The van der Waals surface area contributed by atoms with Gasteiger partial charge in [-0.15, -0.1) is 0 Å². The summed E-state index contributed by atoms with van der Waals surface area (Å²) in [6.45, 7) is 5.76. The highest BCUT2D eigenvalue weighted by Gasteiger charge is 2.04. The largest absolute Gasteiger partial charge is 0.370 e. The Morgan fingerprint density at radius 1 is 1.16 bits per heavy atom. The lowest BCUT2D eigenvalue weighted by Crippen LogP contribution is -2.38. The van der Waals surface area contributed by atoms with E-state index in [1.54, 1.807) is 5.57 Å². The minimum Gasteiger partial charge on any atom is -0.370 e. The van der Waals surface area contributed by atoms with E-state index in [-0.39, 0.29) is 0 Å². The van der Waals surface area contributed by atoms with Crippen LogP contribution in [-0.4, -0.2) is 37.1 Å². The lowest BCUT2D eigenvalue weighted by molar-refractivity contribution is 0.665. The van der Waals surface area contributed by atoms with Crippen LogP contribution in [0.4, 0.5) is 5.82 Å². The quantitative estimate of drug-likeness (QED) is 0.262. The van der Waals surface area contributed by atoms with E-state index in [1.165, 1.54) is 25.7 Å². The van der Waals surface area contributed by atoms with Gasteiger partial charge in [0.25, 0.3) is 0 Å². The van der Waals surface area contributed by atoms with Gasteiger partial charge in [-0.25, -0.2) is 4.98 Å². The number of nitrogens with one attached hydrogen (secondary N) is 3. The molecule has 1 aliphatic carbocycles. The molecular weight excluding hydrogens is 310 g/mol. The van der Waals surface area contributed by atoms with E-state index in [0.29, 0.717) is 0 Å². The molecule has 0 aliphatic heterocycles. The Kier molecular flexibility index (Phi) is 9.52. The van der Waals surface area contributed by atoms with Gasteiger partial charge in [0.05, 0.1) is 0 Å². The van der Waals surface area contributed by atoms with Crippen LogP contribution >= 0.6 is 0 Å². The van der Waals surface area contributed by atoms with Gasteiger partial charge in [-0.2, -0.15) is 0 Å². The second-order valence-electron chi connectivity index (χ2n) is 6.39. The lowest BCUT2D eigenvalue weighted by Gasteiger charge is -2.15. The first-order chi connectivity index (χ1) is 12.4. The molecule has 138 valence electrons. The maximum Gasteiger partial charge on any atom is 0.191 e. The van der Waals surface area contributed by atoms with Gasteiger partial charge in [0, 0.05) is 32.4 Å². The van der Waals surface area contributed by atoms with Crippen molar-refractivity contribution in [1.29, 1.82) is 0 Å². The maximum absolute atomic E-state index is 4.67. The molecule has 0 spiro atoms.